The molecular weight excluding hydrogens is 277 g/mol. The summed E-state index contributed by atoms with van der Waals surface area (Å²) in [6.45, 7) is 0.0932. The van der Waals surface area contributed by atoms with Crippen LogP contribution in [0, 0.1) is 0 Å². The Morgan fingerprint density at radius 3 is 2.70 bits per heavy atom. The van der Waals surface area contributed by atoms with E-state index in [2.05, 4.69) is 20.5 Å². The summed E-state index contributed by atoms with van der Waals surface area (Å²) in [5.41, 5.74) is 1.30. The minimum atomic E-state index is -4.51. The van der Waals surface area contributed by atoms with Crippen molar-refractivity contribution in [3.05, 3.63) is 29.8 Å². The normalized spacial score (nSPS) is 11.7. The summed E-state index contributed by atoms with van der Waals surface area (Å²) in [5, 5.41) is 3.42. The second kappa shape index (κ2) is 5.43. The number of aromatic nitrogens is 4. The largest absolute Gasteiger partial charge is 0.435 e. The third-order valence-corrected chi connectivity index (χ3v) is 2.29. The zero-order valence-electron chi connectivity index (χ0n) is 10.3. The van der Waals surface area contributed by atoms with Gasteiger partial charge in [0.25, 0.3) is 0 Å². The number of nitrogens with one attached hydrogen (secondary N) is 1. The van der Waals surface area contributed by atoms with Crippen molar-refractivity contribution >= 4 is 5.82 Å². The Hall–Kier alpha value is -2.20. The third-order valence-electron chi connectivity index (χ3n) is 2.29. The Morgan fingerprint density at radius 2 is 2.15 bits per heavy atom. The van der Waals surface area contributed by atoms with Gasteiger partial charge in [-0.1, -0.05) is 0 Å². The summed E-state index contributed by atoms with van der Waals surface area (Å²) < 4.78 is 43.4. The molecule has 0 fully saturated rings. The molecule has 0 aromatic carbocycles. The molecule has 0 aliphatic carbocycles. The van der Waals surface area contributed by atoms with Crippen LogP contribution in [0.1, 0.15) is 11.5 Å². The standard InChI is InChI=1S/C10H11F3N6O/c1-20-5-8-15-7(17-14)4-9(16-8)19-3-2-6(18-19)10(11,12)13/h2-4H,5,14H2,1H3,(H,15,16,17). The lowest BCUT2D eigenvalue weighted by molar-refractivity contribution is -0.141. The van der Waals surface area contributed by atoms with Gasteiger partial charge in [0.15, 0.2) is 17.3 Å². The van der Waals surface area contributed by atoms with E-state index in [9.17, 15) is 13.2 Å². The highest BCUT2D eigenvalue weighted by Gasteiger charge is 2.33. The van der Waals surface area contributed by atoms with Gasteiger partial charge in [-0.2, -0.15) is 18.3 Å². The number of hydrazine groups is 1. The molecule has 0 spiro atoms. The van der Waals surface area contributed by atoms with Crippen LogP contribution in [0.4, 0.5) is 19.0 Å². The number of alkyl halides is 3. The van der Waals surface area contributed by atoms with E-state index in [4.69, 9.17) is 10.6 Å². The van der Waals surface area contributed by atoms with E-state index in [1.54, 1.807) is 0 Å². The van der Waals surface area contributed by atoms with Gasteiger partial charge >= 0.3 is 6.18 Å². The van der Waals surface area contributed by atoms with E-state index in [-0.39, 0.29) is 24.1 Å². The van der Waals surface area contributed by atoms with E-state index < -0.39 is 11.9 Å². The number of hydrogen-bond donors (Lipinski definition) is 2. The van der Waals surface area contributed by atoms with Crippen LogP contribution in [0.5, 0.6) is 0 Å². The van der Waals surface area contributed by atoms with Crippen LogP contribution in [-0.4, -0.2) is 26.9 Å². The van der Waals surface area contributed by atoms with Crippen molar-refractivity contribution in [3.63, 3.8) is 0 Å². The van der Waals surface area contributed by atoms with E-state index in [0.717, 1.165) is 16.9 Å². The van der Waals surface area contributed by atoms with Crippen LogP contribution >= 0.6 is 0 Å². The molecule has 2 heterocycles. The van der Waals surface area contributed by atoms with Gasteiger partial charge in [0.05, 0.1) is 0 Å². The molecule has 0 radical (unpaired) electrons. The smallest absolute Gasteiger partial charge is 0.377 e. The highest BCUT2D eigenvalue weighted by Crippen LogP contribution is 2.27. The van der Waals surface area contributed by atoms with Crippen LogP contribution in [-0.2, 0) is 17.5 Å². The molecule has 0 bridgehead atoms. The fraction of sp³-hybridized carbons (Fsp3) is 0.300. The Balaban J connectivity index is 2.41. The summed E-state index contributed by atoms with van der Waals surface area (Å²) in [6.07, 6.45) is -3.36. The molecule has 2 aromatic heterocycles. The van der Waals surface area contributed by atoms with E-state index in [1.165, 1.54) is 13.2 Å². The molecule has 10 heteroatoms. The van der Waals surface area contributed by atoms with E-state index >= 15 is 0 Å². The summed E-state index contributed by atoms with van der Waals surface area (Å²) in [7, 11) is 1.45. The van der Waals surface area contributed by atoms with Gasteiger partial charge in [-0.05, 0) is 6.07 Å². The molecule has 3 N–H and O–H groups in total. The van der Waals surface area contributed by atoms with Crippen LogP contribution < -0.4 is 11.3 Å². The number of halogens is 3. The lowest BCUT2D eigenvalue weighted by Crippen LogP contribution is -2.13. The maximum Gasteiger partial charge on any atom is 0.435 e. The van der Waals surface area contributed by atoms with Crippen molar-refractivity contribution in [2.24, 2.45) is 5.84 Å². The number of nitrogens with two attached hydrogens (primary N) is 1. The Morgan fingerprint density at radius 1 is 1.40 bits per heavy atom. The maximum absolute atomic E-state index is 12.5. The molecule has 2 rings (SSSR count). The quantitative estimate of drug-likeness (QED) is 0.647. The van der Waals surface area contributed by atoms with Gasteiger partial charge in [0.2, 0.25) is 0 Å². The molecule has 7 nitrogen and oxygen atoms in total. The molecule has 0 amide bonds. The Kier molecular flexibility index (Phi) is 3.86. The number of methoxy groups -OCH3 is 1. The van der Waals surface area contributed by atoms with Gasteiger partial charge in [0, 0.05) is 19.4 Å². The van der Waals surface area contributed by atoms with Gasteiger partial charge in [-0.3, -0.25) is 0 Å². The number of rotatable bonds is 4. The van der Waals surface area contributed by atoms with Crippen molar-refractivity contribution < 1.29 is 17.9 Å². The molecule has 0 atom stereocenters. The third kappa shape index (κ3) is 3.03. The first-order valence-electron chi connectivity index (χ1n) is 5.41. The fourth-order valence-electron chi connectivity index (χ4n) is 1.47. The van der Waals surface area contributed by atoms with Crippen LogP contribution in [0.3, 0.4) is 0 Å². The molecule has 0 saturated heterocycles. The fourth-order valence-corrected chi connectivity index (χ4v) is 1.47. The number of ether oxygens (including phenoxy) is 1. The number of nitrogen functional groups attached to an aromatic ring is 1. The van der Waals surface area contributed by atoms with E-state index in [1.807, 2.05) is 0 Å². The minimum absolute atomic E-state index is 0.0932. The van der Waals surface area contributed by atoms with Crippen LogP contribution in [0.15, 0.2) is 18.3 Å². The average Bonchev–Trinajstić information content (AvgIpc) is 2.88. The van der Waals surface area contributed by atoms with Crippen molar-refractivity contribution in [2.75, 3.05) is 12.5 Å². The highest BCUT2D eigenvalue weighted by atomic mass is 19.4. The molecule has 20 heavy (non-hydrogen) atoms. The first kappa shape index (κ1) is 14.2. The van der Waals surface area contributed by atoms with Crippen molar-refractivity contribution in [1.82, 2.24) is 19.7 Å². The molecule has 0 unspecified atom stereocenters. The number of hydrogen-bond acceptors (Lipinski definition) is 6. The molecule has 0 aliphatic rings. The van der Waals surface area contributed by atoms with Gasteiger partial charge in [-0.15, -0.1) is 0 Å². The summed E-state index contributed by atoms with van der Waals surface area (Å²) >= 11 is 0. The van der Waals surface area contributed by atoms with Crippen molar-refractivity contribution in [1.29, 1.82) is 0 Å². The lowest BCUT2D eigenvalue weighted by Gasteiger charge is -2.07. The number of nitrogens with zero attached hydrogens (tertiary/aromatic N) is 4. The predicted octanol–water partition coefficient (Wildman–Crippen LogP) is 1.11. The first-order valence-corrected chi connectivity index (χ1v) is 5.41. The zero-order chi connectivity index (χ0) is 14.8. The molecule has 108 valence electrons. The zero-order valence-corrected chi connectivity index (χ0v) is 10.3. The van der Waals surface area contributed by atoms with Crippen molar-refractivity contribution in [3.8, 4) is 5.82 Å². The topological polar surface area (TPSA) is 90.9 Å². The first-order chi connectivity index (χ1) is 9.44. The predicted molar refractivity (Wildman–Crippen MR) is 62.7 cm³/mol. The van der Waals surface area contributed by atoms with Crippen LogP contribution in [0.25, 0.3) is 5.82 Å². The monoisotopic (exact) mass is 288 g/mol. The highest BCUT2D eigenvalue weighted by molar-refractivity contribution is 5.40. The minimum Gasteiger partial charge on any atom is -0.377 e. The Labute approximate surface area is 111 Å². The Bertz CT molecular complexity index is 597. The summed E-state index contributed by atoms with van der Waals surface area (Å²) in [5.74, 6) is 5.90. The van der Waals surface area contributed by atoms with Gasteiger partial charge in [-0.25, -0.2) is 20.5 Å². The van der Waals surface area contributed by atoms with E-state index in [0.29, 0.717) is 0 Å². The molecular formula is C10H11F3N6O. The number of anilines is 1. The van der Waals surface area contributed by atoms with Gasteiger partial charge in [0.1, 0.15) is 12.4 Å². The second-order valence-electron chi connectivity index (χ2n) is 3.75. The van der Waals surface area contributed by atoms with Gasteiger partial charge < -0.3 is 10.2 Å². The van der Waals surface area contributed by atoms with Crippen LogP contribution in [0.2, 0.25) is 0 Å². The van der Waals surface area contributed by atoms with Crippen molar-refractivity contribution in [2.45, 2.75) is 12.8 Å². The lowest BCUT2D eigenvalue weighted by atomic mass is 10.4. The second-order valence-corrected chi connectivity index (χ2v) is 3.75. The average molecular weight is 288 g/mol. The summed E-state index contributed by atoms with van der Waals surface area (Å²) in [6, 6.07) is 2.22. The molecule has 0 saturated carbocycles. The maximum atomic E-state index is 12.5. The summed E-state index contributed by atoms with van der Waals surface area (Å²) in [4.78, 5) is 8.03. The SMILES string of the molecule is COCc1nc(NN)cc(-n2ccc(C(F)(F)F)n2)n1. The molecule has 2 aromatic rings. The molecule has 0 aliphatic heterocycles.